The van der Waals surface area contributed by atoms with E-state index in [-0.39, 0.29) is 11.9 Å². The highest BCUT2D eigenvalue weighted by Gasteiger charge is 2.50. The Morgan fingerprint density at radius 1 is 1.20 bits per heavy atom. The van der Waals surface area contributed by atoms with Crippen LogP contribution in [0.2, 0.25) is 5.02 Å². The topological polar surface area (TPSA) is 70.4 Å². The molecule has 2 atom stereocenters. The molecule has 1 saturated carbocycles. The van der Waals surface area contributed by atoms with E-state index in [9.17, 15) is 9.90 Å². The summed E-state index contributed by atoms with van der Waals surface area (Å²) in [6.45, 7) is 5.81. The number of carbonyl (C=O) groups is 1. The lowest BCUT2D eigenvalue weighted by Gasteiger charge is -2.43. The number of nitrogens with one attached hydrogen (secondary N) is 1. The summed E-state index contributed by atoms with van der Waals surface area (Å²) in [6, 6.07) is 4.16. The Bertz CT molecular complexity index is 960. The number of halogens is 1. The Morgan fingerprint density at radius 2 is 1.90 bits per heavy atom. The van der Waals surface area contributed by atoms with Crippen LogP contribution in [0, 0.1) is 11.8 Å². The second-order valence-electron chi connectivity index (χ2n) is 9.79. The van der Waals surface area contributed by atoms with E-state index in [1.54, 1.807) is 0 Å². The molecule has 5 rings (SSSR count). The predicted octanol–water partition coefficient (Wildman–Crippen LogP) is 4.45. The van der Waals surface area contributed by atoms with Gasteiger partial charge in [-0.1, -0.05) is 18.5 Å². The third kappa shape index (κ3) is 3.11. The molecule has 7 heteroatoms. The summed E-state index contributed by atoms with van der Waals surface area (Å²) in [4.78, 5) is 14.7. The minimum absolute atomic E-state index is 0.0710. The lowest BCUT2D eigenvalue weighted by Crippen LogP contribution is -2.52. The molecule has 30 heavy (non-hydrogen) atoms. The van der Waals surface area contributed by atoms with Crippen molar-refractivity contribution in [1.29, 1.82) is 0 Å². The number of piperidine rings is 1. The summed E-state index contributed by atoms with van der Waals surface area (Å²) in [5.41, 5.74) is 1.34. The molecule has 0 radical (unpaired) electrons. The summed E-state index contributed by atoms with van der Waals surface area (Å²) in [7, 11) is 0. The summed E-state index contributed by atoms with van der Waals surface area (Å²) >= 11 is 6.27. The zero-order chi connectivity index (χ0) is 21.0. The van der Waals surface area contributed by atoms with E-state index in [0.29, 0.717) is 24.2 Å². The number of aliphatic hydroxyl groups is 1. The van der Waals surface area contributed by atoms with E-state index in [2.05, 4.69) is 24.3 Å². The van der Waals surface area contributed by atoms with Crippen LogP contribution >= 0.6 is 11.6 Å². The van der Waals surface area contributed by atoms with Crippen LogP contribution in [-0.2, 0) is 5.54 Å². The Hall–Kier alpha value is -1.79. The van der Waals surface area contributed by atoms with E-state index in [0.717, 1.165) is 48.1 Å². The summed E-state index contributed by atoms with van der Waals surface area (Å²) in [5, 5.41) is 20.7. The number of hydrogen-bond acceptors (Lipinski definition) is 3. The van der Waals surface area contributed by atoms with Gasteiger partial charge in [0, 0.05) is 35.1 Å². The highest BCUT2D eigenvalue weighted by molar-refractivity contribution is 6.31. The first-order chi connectivity index (χ1) is 14.4. The number of amides is 2. The van der Waals surface area contributed by atoms with Gasteiger partial charge in [0.05, 0.1) is 17.3 Å². The van der Waals surface area contributed by atoms with Crippen LogP contribution in [0.4, 0.5) is 4.79 Å². The predicted molar refractivity (Wildman–Crippen MR) is 118 cm³/mol. The van der Waals surface area contributed by atoms with Gasteiger partial charge in [-0.2, -0.15) is 5.10 Å². The normalized spacial score (nSPS) is 32.0. The van der Waals surface area contributed by atoms with Gasteiger partial charge in [0.15, 0.2) is 0 Å². The molecule has 2 fully saturated rings. The fourth-order valence-corrected chi connectivity index (χ4v) is 6.14. The molecular weight excluding hydrogens is 400 g/mol. The van der Waals surface area contributed by atoms with E-state index >= 15 is 0 Å². The smallest absolute Gasteiger partial charge is 0.317 e. The van der Waals surface area contributed by atoms with Gasteiger partial charge in [-0.25, -0.2) is 4.79 Å². The van der Waals surface area contributed by atoms with Crippen LogP contribution < -0.4 is 5.32 Å². The number of urea groups is 1. The monoisotopic (exact) mass is 430 g/mol. The Balaban J connectivity index is 1.27. The molecule has 1 aromatic heterocycles. The van der Waals surface area contributed by atoms with Crippen molar-refractivity contribution < 1.29 is 9.90 Å². The average molecular weight is 431 g/mol. The SMILES string of the molecule is CC1(C2CCN(C(=O)N[C@H]3CC[C@H](C)CC3)CC2)C(O)c2cc(Cl)cc3cnn1c23. The number of likely N-dealkylation sites (tertiary alicyclic amines) is 1. The van der Waals surface area contributed by atoms with Crippen LogP contribution in [0.1, 0.15) is 64.0 Å². The lowest BCUT2D eigenvalue weighted by atomic mass is 9.75. The standard InChI is InChI=1S/C23H31ClN4O2/c1-14-3-5-18(6-4-14)26-22(30)27-9-7-16(8-10-27)23(2)21(29)19-12-17(24)11-15-13-25-28(23)20(15)19/h11-14,16,18,21,29H,3-10H2,1-2H3,(H,26,30)/t14-,18-,21?,23?. The molecule has 2 aromatic rings. The first-order valence-corrected chi connectivity index (χ1v) is 11.7. The third-order valence-corrected chi connectivity index (χ3v) is 8.13. The van der Waals surface area contributed by atoms with Crippen LogP contribution in [0.25, 0.3) is 10.9 Å². The number of benzene rings is 1. The second-order valence-corrected chi connectivity index (χ2v) is 10.2. The third-order valence-electron chi connectivity index (χ3n) is 7.91. The van der Waals surface area contributed by atoms with Crippen molar-refractivity contribution in [3.63, 3.8) is 0 Å². The number of hydrogen-bond donors (Lipinski definition) is 2. The van der Waals surface area contributed by atoms with Crippen molar-refractivity contribution >= 4 is 28.5 Å². The van der Waals surface area contributed by atoms with Crippen molar-refractivity contribution in [2.24, 2.45) is 11.8 Å². The molecule has 0 spiro atoms. The molecule has 1 saturated heterocycles. The van der Waals surface area contributed by atoms with E-state index in [1.165, 1.54) is 12.8 Å². The number of aromatic nitrogens is 2. The second kappa shape index (κ2) is 7.41. The van der Waals surface area contributed by atoms with Crippen LogP contribution in [0.5, 0.6) is 0 Å². The van der Waals surface area contributed by atoms with Crippen LogP contribution in [0.3, 0.4) is 0 Å². The molecular formula is C23H31ClN4O2. The zero-order valence-corrected chi connectivity index (χ0v) is 18.5. The molecule has 0 bridgehead atoms. The van der Waals surface area contributed by atoms with Crippen molar-refractivity contribution in [2.75, 3.05) is 13.1 Å². The number of rotatable bonds is 2. The van der Waals surface area contributed by atoms with E-state index in [4.69, 9.17) is 11.6 Å². The van der Waals surface area contributed by atoms with Crippen molar-refractivity contribution in [3.8, 4) is 0 Å². The first-order valence-electron chi connectivity index (χ1n) is 11.3. The Morgan fingerprint density at radius 3 is 2.60 bits per heavy atom. The van der Waals surface area contributed by atoms with E-state index in [1.807, 2.05) is 27.9 Å². The van der Waals surface area contributed by atoms with Gasteiger partial charge in [-0.05, 0) is 69.4 Å². The minimum Gasteiger partial charge on any atom is -0.386 e. The molecule has 2 amide bonds. The Kier molecular flexibility index (Phi) is 4.98. The fraction of sp³-hybridized carbons (Fsp3) is 0.652. The van der Waals surface area contributed by atoms with Crippen LogP contribution in [-0.4, -0.2) is 44.9 Å². The highest BCUT2D eigenvalue weighted by atomic mass is 35.5. The number of aliphatic hydroxyl groups excluding tert-OH is 1. The molecule has 2 unspecified atom stereocenters. The largest absolute Gasteiger partial charge is 0.386 e. The van der Waals surface area contributed by atoms with Gasteiger partial charge in [0.2, 0.25) is 0 Å². The first kappa shape index (κ1) is 20.1. The van der Waals surface area contributed by atoms with Gasteiger partial charge in [-0.3, -0.25) is 4.68 Å². The molecule has 6 nitrogen and oxygen atoms in total. The quantitative estimate of drug-likeness (QED) is 0.739. The molecule has 1 aliphatic carbocycles. The van der Waals surface area contributed by atoms with Gasteiger partial charge in [0.25, 0.3) is 0 Å². The molecule has 1 aromatic carbocycles. The number of carbonyl (C=O) groups excluding carboxylic acids is 1. The summed E-state index contributed by atoms with van der Waals surface area (Å²) in [6.07, 6.45) is 7.48. The minimum atomic E-state index is -0.642. The zero-order valence-electron chi connectivity index (χ0n) is 17.8. The maximum atomic E-state index is 12.8. The Labute approximate surface area is 182 Å². The van der Waals surface area contributed by atoms with Crippen LogP contribution in [0.15, 0.2) is 18.3 Å². The highest BCUT2D eigenvalue weighted by Crippen LogP contribution is 2.51. The molecule has 3 aliphatic rings. The fourth-order valence-electron chi connectivity index (χ4n) is 5.90. The molecule has 2 N–H and O–H groups in total. The maximum absolute atomic E-state index is 12.8. The summed E-state index contributed by atoms with van der Waals surface area (Å²) in [5.74, 6) is 1.02. The van der Waals surface area contributed by atoms with Gasteiger partial charge < -0.3 is 15.3 Å². The summed E-state index contributed by atoms with van der Waals surface area (Å²) < 4.78 is 2.00. The van der Waals surface area contributed by atoms with Gasteiger partial charge in [-0.15, -0.1) is 0 Å². The molecule has 3 heterocycles. The van der Waals surface area contributed by atoms with Crippen molar-refractivity contribution in [3.05, 3.63) is 28.9 Å². The van der Waals surface area contributed by atoms with E-state index < -0.39 is 11.6 Å². The van der Waals surface area contributed by atoms with Gasteiger partial charge in [0.1, 0.15) is 6.10 Å². The van der Waals surface area contributed by atoms with Crippen molar-refractivity contribution in [2.45, 2.75) is 70.1 Å². The molecule has 2 aliphatic heterocycles. The lowest BCUT2D eigenvalue weighted by molar-refractivity contribution is -0.0118. The molecule has 162 valence electrons. The number of nitrogens with zero attached hydrogens (tertiary/aromatic N) is 3. The van der Waals surface area contributed by atoms with Gasteiger partial charge >= 0.3 is 6.03 Å². The maximum Gasteiger partial charge on any atom is 0.317 e. The average Bonchev–Trinajstić information content (AvgIpc) is 3.26. The van der Waals surface area contributed by atoms with Crippen molar-refractivity contribution in [1.82, 2.24) is 20.0 Å².